The monoisotopic (exact) mass is 462 g/mol. The fourth-order valence-corrected chi connectivity index (χ4v) is 6.05. The number of aromatic hydroxyl groups is 1. The summed E-state index contributed by atoms with van der Waals surface area (Å²) in [6.45, 7) is 6.60. The van der Waals surface area contributed by atoms with E-state index in [1.165, 1.54) is 10.6 Å². The molecule has 1 unspecified atom stereocenters. The summed E-state index contributed by atoms with van der Waals surface area (Å²) in [7, 11) is 0. The number of anilines is 2. The van der Waals surface area contributed by atoms with Crippen LogP contribution >= 0.6 is 11.3 Å². The number of rotatable bonds is 6. The zero-order chi connectivity index (χ0) is 22.8. The van der Waals surface area contributed by atoms with E-state index in [1.807, 2.05) is 12.1 Å². The third kappa shape index (κ3) is 4.62. The lowest BCUT2D eigenvalue weighted by Crippen LogP contribution is -2.50. The number of nitrogens with zero attached hydrogens (tertiary/aromatic N) is 5. The molecule has 1 saturated heterocycles. The maximum absolute atomic E-state index is 10.1. The first-order chi connectivity index (χ1) is 16.1. The van der Waals surface area contributed by atoms with Crippen molar-refractivity contribution in [2.45, 2.75) is 25.3 Å². The Kier molecular flexibility index (Phi) is 6.36. The first kappa shape index (κ1) is 22.0. The highest BCUT2D eigenvalue weighted by molar-refractivity contribution is 7.15. The van der Waals surface area contributed by atoms with Gasteiger partial charge in [0.15, 0.2) is 5.13 Å². The quantitative estimate of drug-likeness (QED) is 0.545. The summed E-state index contributed by atoms with van der Waals surface area (Å²) >= 11 is 1.63. The molecule has 8 heteroatoms. The van der Waals surface area contributed by atoms with Gasteiger partial charge in [0.05, 0.1) is 12.2 Å². The van der Waals surface area contributed by atoms with Gasteiger partial charge in [-0.15, -0.1) is 17.8 Å². The number of thiazole rings is 1. The van der Waals surface area contributed by atoms with Crippen molar-refractivity contribution in [3.63, 3.8) is 0 Å². The molecule has 0 spiro atoms. The van der Waals surface area contributed by atoms with Crippen molar-refractivity contribution in [1.82, 2.24) is 19.8 Å². The van der Waals surface area contributed by atoms with E-state index in [-0.39, 0.29) is 5.75 Å². The summed E-state index contributed by atoms with van der Waals surface area (Å²) in [5.74, 6) is 3.10. The van der Waals surface area contributed by atoms with Gasteiger partial charge in [-0.3, -0.25) is 14.8 Å². The van der Waals surface area contributed by atoms with E-state index in [9.17, 15) is 5.11 Å². The Labute approximate surface area is 198 Å². The van der Waals surface area contributed by atoms with Crippen LogP contribution in [0.15, 0.2) is 30.5 Å². The van der Waals surface area contributed by atoms with Gasteiger partial charge in [0, 0.05) is 67.5 Å². The summed E-state index contributed by atoms with van der Waals surface area (Å²) in [6.07, 6.45) is 10.6. The van der Waals surface area contributed by atoms with Crippen molar-refractivity contribution in [3.05, 3.63) is 41.0 Å². The van der Waals surface area contributed by atoms with Gasteiger partial charge in [-0.1, -0.05) is 18.1 Å². The lowest BCUT2D eigenvalue weighted by atomic mass is 9.96. The number of hydrogen-bond donors (Lipinski definition) is 2. The largest absolute Gasteiger partial charge is 0.506 e. The first-order valence-corrected chi connectivity index (χ1v) is 12.4. The van der Waals surface area contributed by atoms with Crippen LogP contribution in [0, 0.1) is 12.3 Å². The highest BCUT2D eigenvalue weighted by Crippen LogP contribution is 2.32. The molecule has 7 nitrogen and oxygen atoms in total. The molecule has 3 N–H and O–H groups in total. The van der Waals surface area contributed by atoms with Crippen LogP contribution in [0.25, 0.3) is 10.9 Å². The molecular formula is C25H30N6OS. The van der Waals surface area contributed by atoms with Crippen LogP contribution < -0.4 is 10.6 Å². The molecule has 0 bridgehead atoms. The number of benzene rings is 1. The number of phenolic OH excluding ortho intramolecular Hbond substituents is 1. The van der Waals surface area contributed by atoms with E-state index in [4.69, 9.17) is 12.2 Å². The summed E-state index contributed by atoms with van der Waals surface area (Å²) in [5.41, 5.74) is 8.92. The minimum Gasteiger partial charge on any atom is -0.506 e. The third-order valence-electron chi connectivity index (χ3n) is 6.88. The maximum Gasteiger partial charge on any atom is 0.180 e. The second-order valence-electron chi connectivity index (χ2n) is 8.83. The topological polar surface area (TPSA) is 81.8 Å². The molecular weight excluding hydrogens is 432 g/mol. The van der Waals surface area contributed by atoms with Gasteiger partial charge >= 0.3 is 0 Å². The van der Waals surface area contributed by atoms with Crippen LogP contribution in [-0.2, 0) is 12.8 Å². The molecule has 2 aliphatic rings. The number of phenols is 1. The molecule has 2 aromatic heterocycles. The number of nitrogens with two attached hydrogens (primary N) is 1. The predicted molar refractivity (Wildman–Crippen MR) is 135 cm³/mol. The molecule has 0 amide bonds. The van der Waals surface area contributed by atoms with Crippen LogP contribution in [0.2, 0.25) is 0 Å². The van der Waals surface area contributed by atoms with E-state index >= 15 is 0 Å². The molecule has 3 heterocycles. The maximum atomic E-state index is 10.1. The fraction of sp³-hybridized carbons (Fsp3) is 0.440. The normalized spacial score (nSPS) is 19.0. The predicted octanol–water partition coefficient (Wildman–Crippen LogP) is 2.59. The van der Waals surface area contributed by atoms with Gasteiger partial charge < -0.3 is 15.7 Å². The van der Waals surface area contributed by atoms with Crippen LogP contribution in [0.4, 0.5) is 10.8 Å². The Morgan fingerprint density at radius 1 is 1.24 bits per heavy atom. The van der Waals surface area contributed by atoms with Gasteiger partial charge in [0.25, 0.3) is 0 Å². The number of pyridine rings is 1. The van der Waals surface area contributed by atoms with Crippen LogP contribution in [-0.4, -0.2) is 76.7 Å². The Balaban J connectivity index is 1.18. The SMILES string of the molecule is C#CCN(CCN1CCN(c2ccnc3c(O)cccc23)CC1)C1CCc2nc(N)sc2C1. The zero-order valence-electron chi connectivity index (χ0n) is 18.8. The molecule has 33 heavy (non-hydrogen) atoms. The van der Waals surface area contributed by atoms with Gasteiger partial charge in [0.2, 0.25) is 0 Å². The zero-order valence-corrected chi connectivity index (χ0v) is 19.6. The average molecular weight is 463 g/mol. The lowest BCUT2D eigenvalue weighted by Gasteiger charge is -2.38. The highest BCUT2D eigenvalue weighted by atomic mass is 32.1. The number of terminal acetylenes is 1. The van der Waals surface area contributed by atoms with E-state index in [1.54, 1.807) is 23.6 Å². The Hall–Kier alpha value is -2.86. The molecule has 0 radical (unpaired) electrons. The van der Waals surface area contributed by atoms with Gasteiger partial charge in [-0.2, -0.15) is 0 Å². The van der Waals surface area contributed by atoms with Crippen molar-refractivity contribution in [1.29, 1.82) is 0 Å². The minimum absolute atomic E-state index is 0.234. The van der Waals surface area contributed by atoms with Crippen LogP contribution in [0.1, 0.15) is 17.0 Å². The fourth-order valence-electron chi connectivity index (χ4n) is 5.10. The van der Waals surface area contributed by atoms with E-state index in [2.05, 4.69) is 36.7 Å². The Bertz CT molecular complexity index is 1160. The molecule has 1 aliphatic carbocycles. The van der Waals surface area contributed by atoms with Crippen LogP contribution in [0.5, 0.6) is 5.75 Å². The highest BCUT2D eigenvalue weighted by Gasteiger charge is 2.27. The summed E-state index contributed by atoms with van der Waals surface area (Å²) in [5, 5.41) is 11.8. The number of piperazine rings is 1. The van der Waals surface area contributed by atoms with Gasteiger partial charge in [-0.05, 0) is 31.4 Å². The summed E-state index contributed by atoms with van der Waals surface area (Å²) in [4.78, 5) is 17.5. The number of aromatic nitrogens is 2. The van der Waals surface area contributed by atoms with Crippen LogP contribution in [0.3, 0.4) is 0 Å². The van der Waals surface area contributed by atoms with Crippen molar-refractivity contribution in [3.8, 4) is 18.1 Å². The third-order valence-corrected chi connectivity index (χ3v) is 7.83. The first-order valence-electron chi connectivity index (χ1n) is 11.6. The number of aryl methyl sites for hydroxylation is 1. The molecule has 1 aromatic carbocycles. The van der Waals surface area contributed by atoms with Crippen molar-refractivity contribution in [2.75, 3.05) is 56.4 Å². The second kappa shape index (κ2) is 9.56. The summed E-state index contributed by atoms with van der Waals surface area (Å²) < 4.78 is 0. The average Bonchev–Trinajstić information content (AvgIpc) is 3.21. The standard InChI is InChI=1S/C25H30N6OS/c1-2-10-30(18-6-7-20-23(17-18)33-25(26)28-20)14-11-29-12-15-31(16-13-29)21-8-9-27-24-19(21)4-3-5-22(24)32/h1,3-5,8-9,18,32H,6-7,10-17H2,(H2,26,28). The number of fused-ring (bicyclic) bond motifs is 2. The second-order valence-corrected chi connectivity index (χ2v) is 9.94. The molecule has 1 aliphatic heterocycles. The number of para-hydroxylation sites is 1. The van der Waals surface area contributed by atoms with Gasteiger partial charge in [0.1, 0.15) is 11.3 Å². The molecule has 3 aromatic rings. The number of nitrogen functional groups attached to an aromatic ring is 1. The molecule has 0 saturated carbocycles. The molecule has 1 atom stereocenters. The molecule has 172 valence electrons. The molecule has 5 rings (SSSR count). The van der Waals surface area contributed by atoms with E-state index in [0.717, 1.165) is 69.6 Å². The lowest BCUT2D eigenvalue weighted by molar-refractivity contribution is 0.161. The van der Waals surface area contributed by atoms with Gasteiger partial charge in [-0.25, -0.2) is 4.98 Å². The number of hydrogen-bond acceptors (Lipinski definition) is 8. The van der Waals surface area contributed by atoms with E-state index in [0.29, 0.717) is 23.2 Å². The smallest absolute Gasteiger partial charge is 0.180 e. The van der Waals surface area contributed by atoms with Crippen molar-refractivity contribution < 1.29 is 5.11 Å². The summed E-state index contributed by atoms with van der Waals surface area (Å²) in [6, 6.07) is 8.12. The minimum atomic E-state index is 0.234. The Morgan fingerprint density at radius 2 is 2.09 bits per heavy atom. The Morgan fingerprint density at radius 3 is 2.91 bits per heavy atom. The molecule has 1 fully saturated rings. The van der Waals surface area contributed by atoms with Crippen molar-refractivity contribution >= 4 is 33.1 Å². The van der Waals surface area contributed by atoms with E-state index < -0.39 is 0 Å². The van der Waals surface area contributed by atoms with Crippen molar-refractivity contribution in [2.24, 2.45) is 0 Å².